The molecule has 1 aromatic carbocycles. The molecule has 0 radical (unpaired) electrons. The van der Waals surface area contributed by atoms with Crippen molar-refractivity contribution in [2.75, 3.05) is 32.2 Å². The number of azo groups is 1. The zero-order chi connectivity index (χ0) is 23.7. The Labute approximate surface area is 185 Å². The summed E-state index contributed by atoms with van der Waals surface area (Å²) in [5, 5.41) is 29.0. The lowest BCUT2D eigenvalue weighted by atomic mass is 10.2. The first-order chi connectivity index (χ1) is 15.2. The van der Waals surface area contributed by atoms with E-state index in [2.05, 4.69) is 19.7 Å². The average molecular weight is 465 g/mol. The Bertz CT molecular complexity index is 1000. The minimum atomic E-state index is -0.762. The van der Waals surface area contributed by atoms with Crippen LogP contribution in [0.4, 0.5) is 27.1 Å². The van der Waals surface area contributed by atoms with Crippen LogP contribution in [0.2, 0.25) is 0 Å². The first kappa shape index (κ1) is 24.3. The van der Waals surface area contributed by atoms with Crippen molar-refractivity contribution < 1.29 is 28.9 Å². The van der Waals surface area contributed by atoms with Gasteiger partial charge in [0.1, 0.15) is 6.07 Å². The molecule has 0 unspecified atom stereocenters. The normalized spacial score (nSPS) is 10.7. The third-order valence-electron chi connectivity index (χ3n) is 4.16. The molecule has 0 aliphatic carbocycles. The number of hydrogen-bond acceptors (Lipinski definition) is 12. The summed E-state index contributed by atoms with van der Waals surface area (Å²) in [4.78, 5) is 45.2. The van der Waals surface area contributed by atoms with Gasteiger partial charge in [0.15, 0.2) is 0 Å². The van der Waals surface area contributed by atoms with Crippen LogP contribution in [-0.4, -0.2) is 49.1 Å². The monoisotopic (exact) mass is 465 g/mol. The van der Waals surface area contributed by atoms with E-state index in [1.54, 1.807) is 29.2 Å². The summed E-state index contributed by atoms with van der Waals surface area (Å²) >= 11 is 0.549. The molecule has 0 atom stereocenters. The Morgan fingerprint density at radius 1 is 0.969 bits per heavy atom. The summed E-state index contributed by atoms with van der Waals surface area (Å²) in [6.45, 7) is 0.602. The van der Waals surface area contributed by atoms with Crippen LogP contribution in [0.3, 0.4) is 0 Å². The van der Waals surface area contributed by atoms with Crippen molar-refractivity contribution in [3.05, 3.63) is 50.6 Å². The molecule has 0 aliphatic heterocycles. The molecule has 14 heteroatoms. The lowest BCUT2D eigenvalue weighted by Crippen LogP contribution is -2.29. The van der Waals surface area contributed by atoms with Gasteiger partial charge in [0.2, 0.25) is 5.00 Å². The second kappa shape index (κ2) is 11.5. The fraction of sp³-hybridized carbons (Fsp3) is 0.333. The molecule has 2 aromatic rings. The molecule has 1 aromatic heterocycles. The zero-order valence-electron chi connectivity index (χ0n) is 17.1. The maximum atomic E-state index is 11.5. The van der Waals surface area contributed by atoms with Crippen LogP contribution >= 0.6 is 11.3 Å². The Hall–Kier alpha value is -3.94. The Balaban J connectivity index is 2.18. The minimum absolute atomic E-state index is 0.111. The van der Waals surface area contributed by atoms with Crippen LogP contribution in [-0.2, 0) is 19.1 Å². The first-order valence-electron chi connectivity index (χ1n) is 9.08. The van der Waals surface area contributed by atoms with E-state index >= 15 is 0 Å². The quantitative estimate of drug-likeness (QED) is 0.207. The van der Waals surface area contributed by atoms with Crippen LogP contribution < -0.4 is 4.90 Å². The summed E-state index contributed by atoms with van der Waals surface area (Å²) < 4.78 is 9.29. The standard InChI is InChI=1S/C18H19N5O8S/c1-30-16(24)7-9-21(10-8-17(25)31-2)13-5-3-12(4-6-13)19-20-18-14(22(26)27)11-15(32-18)23(28)29/h3-6,11H,7-10H2,1-2H3. The molecular weight excluding hydrogens is 446 g/mol. The van der Waals surface area contributed by atoms with Crippen LogP contribution in [0.1, 0.15) is 12.8 Å². The molecular formula is C18H19N5O8S. The van der Waals surface area contributed by atoms with Gasteiger partial charge >= 0.3 is 22.6 Å². The van der Waals surface area contributed by atoms with Crippen LogP contribution in [0.5, 0.6) is 0 Å². The molecule has 0 aliphatic rings. The number of nitrogens with zero attached hydrogens (tertiary/aromatic N) is 5. The molecule has 0 N–H and O–H groups in total. The second-order valence-electron chi connectivity index (χ2n) is 6.14. The van der Waals surface area contributed by atoms with Gasteiger partial charge in [0.05, 0.1) is 42.6 Å². The highest BCUT2D eigenvalue weighted by Crippen LogP contribution is 2.41. The van der Waals surface area contributed by atoms with E-state index in [4.69, 9.17) is 0 Å². The summed E-state index contributed by atoms with van der Waals surface area (Å²) in [7, 11) is 2.57. The lowest BCUT2D eigenvalue weighted by Gasteiger charge is -2.24. The third kappa shape index (κ3) is 6.80. The number of anilines is 1. The minimum Gasteiger partial charge on any atom is -0.469 e. The van der Waals surface area contributed by atoms with E-state index in [1.807, 2.05) is 0 Å². The molecule has 0 amide bonds. The molecule has 13 nitrogen and oxygen atoms in total. The number of hydrogen-bond donors (Lipinski definition) is 0. The number of rotatable bonds is 11. The molecule has 0 fully saturated rings. The molecule has 0 saturated heterocycles. The van der Waals surface area contributed by atoms with Crippen LogP contribution in [0.15, 0.2) is 40.6 Å². The van der Waals surface area contributed by atoms with Gasteiger partial charge in [-0.3, -0.25) is 29.8 Å². The van der Waals surface area contributed by atoms with Gasteiger partial charge in [-0.25, -0.2) is 0 Å². The number of carbonyl (C=O) groups excluding carboxylic acids is 2. The predicted octanol–water partition coefficient (Wildman–Crippen LogP) is 3.91. The van der Waals surface area contributed by atoms with Gasteiger partial charge in [0.25, 0.3) is 0 Å². The third-order valence-corrected chi connectivity index (χ3v) is 5.12. The lowest BCUT2D eigenvalue weighted by molar-refractivity contribution is -0.389. The van der Waals surface area contributed by atoms with E-state index < -0.39 is 32.5 Å². The Kier molecular flexibility index (Phi) is 8.71. The van der Waals surface area contributed by atoms with E-state index in [-0.39, 0.29) is 17.8 Å². The SMILES string of the molecule is COC(=O)CCN(CCC(=O)OC)c1ccc(N=Nc2sc([N+](=O)[O-])cc2[N+](=O)[O-])cc1. The zero-order valence-corrected chi connectivity index (χ0v) is 17.9. The first-order valence-corrected chi connectivity index (χ1v) is 9.89. The number of thiophene rings is 1. The molecule has 170 valence electrons. The maximum Gasteiger partial charge on any atom is 0.333 e. The molecule has 2 rings (SSSR count). The van der Waals surface area contributed by atoms with Crippen molar-refractivity contribution >= 4 is 50.3 Å². The average Bonchev–Trinajstić information content (AvgIpc) is 3.22. The number of methoxy groups -OCH3 is 2. The fourth-order valence-corrected chi connectivity index (χ4v) is 3.27. The smallest absolute Gasteiger partial charge is 0.333 e. The van der Waals surface area contributed by atoms with Gasteiger partial charge < -0.3 is 14.4 Å². The molecule has 0 saturated carbocycles. The summed E-state index contributed by atoms with van der Waals surface area (Å²) in [5.41, 5.74) is 0.536. The predicted molar refractivity (Wildman–Crippen MR) is 114 cm³/mol. The Morgan fingerprint density at radius 2 is 1.53 bits per heavy atom. The Morgan fingerprint density at radius 3 is 2.00 bits per heavy atom. The number of ether oxygens (including phenoxy) is 2. The molecule has 1 heterocycles. The van der Waals surface area contributed by atoms with Crippen molar-refractivity contribution in [1.82, 2.24) is 0 Å². The second-order valence-corrected chi connectivity index (χ2v) is 7.15. The number of nitro groups is 2. The van der Waals surface area contributed by atoms with Crippen molar-refractivity contribution in [2.45, 2.75) is 12.8 Å². The van der Waals surface area contributed by atoms with Crippen molar-refractivity contribution in [1.29, 1.82) is 0 Å². The van der Waals surface area contributed by atoms with Crippen molar-refractivity contribution in [3.8, 4) is 0 Å². The molecule has 32 heavy (non-hydrogen) atoms. The van der Waals surface area contributed by atoms with Gasteiger partial charge in [-0.15, -0.1) is 10.2 Å². The number of benzene rings is 1. The topological polar surface area (TPSA) is 167 Å². The highest BCUT2D eigenvalue weighted by molar-refractivity contribution is 7.19. The fourth-order valence-electron chi connectivity index (χ4n) is 2.51. The largest absolute Gasteiger partial charge is 0.469 e. The van der Waals surface area contributed by atoms with Gasteiger partial charge in [-0.05, 0) is 35.6 Å². The van der Waals surface area contributed by atoms with Gasteiger partial charge in [-0.2, -0.15) is 0 Å². The van der Waals surface area contributed by atoms with Crippen molar-refractivity contribution in [3.63, 3.8) is 0 Å². The summed E-state index contributed by atoms with van der Waals surface area (Å²) in [6.07, 6.45) is 0.222. The number of esters is 2. The number of carbonyl (C=O) groups is 2. The maximum absolute atomic E-state index is 11.5. The van der Waals surface area contributed by atoms with Crippen molar-refractivity contribution in [2.24, 2.45) is 10.2 Å². The van der Waals surface area contributed by atoms with Gasteiger partial charge in [0, 0.05) is 18.8 Å². The summed E-state index contributed by atoms with van der Waals surface area (Å²) in [6, 6.07) is 7.34. The van der Waals surface area contributed by atoms with E-state index in [0.29, 0.717) is 35.8 Å². The van der Waals surface area contributed by atoms with E-state index in [9.17, 15) is 29.8 Å². The highest BCUT2D eigenvalue weighted by atomic mass is 32.1. The van der Waals surface area contributed by atoms with Crippen LogP contribution in [0, 0.1) is 20.2 Å². The summed E-state index contributed by atoms with van der Waals surface area (Å²) in [5.74, 6) is -0.796. The molecule has 0 spiro atoms. The van der Waals surface area contributed by atoms with Gasteiger partial charge in [-0.1, -0.05) is 0 Å². The van der Waals surface area contributed by atoms with Crippen LogP contribution in [0.25, 0.3) is 0 Å². The van der Waals surface area contributed by atoms with E-state index in [0.717, 1.165) is 6.07 Å². The molecule has 0 bridgehead atoms. The van der Waals surface area contributed by atoms with E-state index in [1.165, 1.54) is 14.2 Å². The highest BCUT2D eigenvalue weighted by Gasteiger charge is 2.25.